The van der Waals surface area contributed by atoms with Crippen molar-refractivity contribution in [2.24, 2.45) is 0 Å². The Morgan fingerprint density at radius 3 is 2.96 bits per heavy atom. The highest BCUT2D eigenvalue weighted by Crippen LogP contribution is 2.33. The van der Waals surface area contributed by atoms with E-state index in [1.54, 1.807) is 4.68 Å². The number of carbonyl (C=O) groups is 1. The molecule has 0 bridgehead atoms. The van der Waals surface area contributed by atoms with Crippen molar-refractivity contribution in [1.82, 2.24) is 25.4 Å². The Kier molecular flexibility index (Phi) is 5.27. The highest BCUT2D eigenvalue weighted by atomic mass is 35.5. The quantitative estimate of drug-likeness (QED) is 0.607. The van der Waals surface area contributed by atoms with Crippen LogP contribution in [0.2, 0.25) is 5.02 Å². The first-order valence-electron chi connectivity index (χ1n) is 7.85. The highest BCUT2D eigenvalue weighted by molar-refractivity contribution is 6.33. The van der Waals surface area contributed by atoms with Crippen LogP contribution in [0.15, 0.2) is 22.7 Å². The van der Waals surface area contributed by atoms with E-state index in [2.05, 4.69) is 20.7 Å². The first-order chi connectivity index (χ1) is 12.5. The molecule has 0 atom stereocenters. The fourth-order valence-corrected chi connectivity index (χ4v) is 2.67. The molecule has 0 saturated heterocycles. The molecule has 26 heavy (non-hydrogen) atoms. The minimum atomic E-state index is -0.732. The van der Waals surface area contributed by atoms with E-state index in [9.17, 15) is 9.18 Å². The number of tetrazole rings is 1. The summed E-state index contributed by atoms with van der Waals surface area (Å²) in [7, 11) is 0. The normalized spacial score (nSPS) is 10.9. The lowest BCUT2D eigenvalue weighted by Gasteiger charge is -2.07. The number of nitrogens with zero attached hydrogens (tertiary/aromatic N) is 5. The average molecular weight is 380 g/mol. The molecule has 0 spiro atoms. The van der Waals surface area contributed by atoms with Gasteiger partial charge in [-0.3, -0.25) is 0 Å². The molecule has 2 heterocycles. The van der Waals surface area contributed by atoms with Gasteiger partial charge in [0, 0.05) is 6.54 Å². The molecule has 3 aromatic rings. The molecule has 0 aliphatic rings. The lowest BCUT2D eigenvalue weighted by Crippen LogP contribution is -2.12. The molecule has 10 heteroatoms. The van der Waals surface area contributed by atoms with Crippen molar-refractivity contribution in [1.29, 1.82) is 0 Å². The van der Waals surface area contributed by atoms with E-state index < -0.39 is 11.8 Å². The number of esters is 1. The number of hydrogen-bond acceptors (Lipinski definition) is 7. The summed E-state index contributed by atoms with van der Waals surface area (Å²) >= 11 is 6.06. The SMILES string of the molecule is CCCn1nnnc1COC(=O)c1c(-c2c(F)cccc2Cl)noc1C. The van der Waals surface area contributed by atoms with Crippen LogP contribution in [0.4, 0.5) is 4.39 Å². The number of rotatable bonds is 6. The Hall–Kier alpha value is -2.81. The Labute approximate surface area is 152 Å². The molecule has 136 valence electrons. The van der Waals surface area contributed by atoms with E-state index in [0.717, 1.165) is 6.42 Å². The number of hydrogen-bond donors (Lipinski definition) is 0. The smallest absolute Gasteiger partial charge is 0.344 e. The van der Waals surface area contributed by atoms with Gasteiger partial charge in [0.05, 0.1) is 10.6 Å². The van der Waals surface area contributed by atoms with E-state index in [1.807, 2.05) is 6.92 Å². The van der Waals surface area contributed by atoms with Gasteiger partial charge >= 0.3 is 5.97 Å². The third-order valence-corrected chi connectivity index (χ3v) is 3.96. The molecule has 8 nitrogen and oxygen atoms in total. The van der Waals surface area contributed by atoms with Gasteiger partial charge in [-0.1, -0.05) is 29.7 Å². The van der Waals surface area contributed by atoms with E-state index in [1.165, 1.54) is 25.1 Å². The van der Waals surface area contributed by atoms with Gasteiger partial charge < -0.3 is 9.26 Å². The van der Waals surface area contributed by atoms with Gasteiger partial charge in [-0.2, -0.15) is 0 Å². The van der Waals surface area contributed by atoms with E-state index >= 15 is 0 Å². The third-order valence-electron chi connectivity index (χ3n) is 3.64. The van der Waals surface area contributed by atoms with Gasteiger partial charge in [0.15, 0.2) is 12.4 Å². The van der Waals surface area contributed by atoms with E-state index in [-0.39, 0.29) is 34.2 Å². The van der Waals surface area contributed by atoms with Gasteiger partial charge in [0.1, 0.15) is 22.8 Å². The van der Waals surface area contributed by atoms with Crippen molar-refractivity contribution in [3.8, 4) is 11.3 Å². The van der Waals surface area contributed by atoms with E-state index in [0.29, 0.717) is 12.4 Å². The van der Waals surface area contributed by atoms with Crippen LogP contribution in [0.25, 0.3) is 11.3 Å². The molecule has 0 aliphatic heterocycles. The summed E-state index contributed by atoms with van der Waals surface area (Å²) in [6.07, 6.45) is 0.826. The monoisotopic (exact) mass is 379 g/mol. The standard InChI is InChI=1S/C16H15ClFN5O3/c1-3-7-23-12(19-21-22-23)8-25-16(24)13-9(2)26-20-15(13)14-10(17)5-4-6-11(14)18/h4-6H,3,7-8H2,1-2H3. The summed E-state index contributed by atoms with van der Waals surface area (Å²) < 4.78 is 26.1. The van der Waals surface area contributed by atoms with Crippen molar-refractivity contribution in [2.45, 2.75) is 33.4 Å². The molecule has 2 aromatic heterocycles. The Balaban J connectivity index is 1.87. The van der Waals surface area contributed by atoms with Gasteiger partial charge in [-0.15, -0.1) is 5.10 Å². The van der Waals surface area contributed by atoms with Crippen LogP contribution in [0.3, 0.4) is 0 Å². The zero-order valence-corrected chi connectivity index (χ0v) is 14.8. The minimum absolute atomic E-state index is 0.00603. The lowest BCUT2D eigenvalue weighted by atomic mass is 10.1. The third kappa shape index (κ3) is 3.43. The van der Waals surface area contributed by atoms with Crippen LogP contribution in [0.1, 0.15) is 35.3 Å². The van der Waals surface area contributed by atoms with Crippen LogP contribution in [-0.2, 0) is 17.9 Å². The number of ether oxygens (including phenoxy) is 1. The number of halogens is 2. The van der Waals surface area contributed by atoms with Crippen LogP contribution < -0.4 is 0 Å². The second kappa shape index (κ2) is 7.61. The highest BCUT2D eigenvalue weighted by Gasteiger charge is 2.27. The van der Waals surface area contributed by atoms with Crippen molar-refractivity contribution in [2.75, 3.05) is 0 Å². The van der Waals surface area contributed by atoms with Gasteiger partial charge in [0.25, 0.3) is 0 Å². The second-order valence-electron chi connectivity index (χ2n) is 5.45. The minimum Gasteiger partial charge on any atom is -0.454 e. The predicted molar refractivity (Wildman–Crippen MR) is 88.9 cm³/mol. The fraction of sp³-hybridized carbons (Fsp3) is 0.312. The molecule has 0 radical (unpaired) electrons. The zero-order chi connectivity index (χ0) is 18.7. The number of benzene rings is 1. The summed E-state index contributed by atoms with van der Waals surface area (Å²) in [6.45, 7) is 3.97. The molecule has 0 unspecified atom stereocenters. The predicted octanol–water partition coefficient (Wildman–Crippen LogP) is 3.20. The maximum atomic E-state index is 14.2. The first kappa shape index (κ1) is 18.0. The molecule has 3 rings (SSSR count). The second-order valence-corrected chi connectivity index (χ2v) is 5.86. The van der Waals surface area contributed by atoms with E-state index in [4.69, 9.17) is 20.9 Å². The Morgan fingerprint density at radius 2 is 2.23 bits per heavy atom. The van der Waals surface area contributed by atoms with Gasteiger partial charge in [0.2, 0.25) is 0 Å². The zero-order valence-electron chi connectivity index (χ0n) is 14.1. The fourth-order valence-electron chi connectivity index (χ4n) is 2.42. The molecular weight excluding hydrogens is 365 g/mol. The van der Waals surface area contributed by atoms with Crippen LogP contribution in [0, 0.1) is 12.7 Å². The lowest BCUT2D eigenvalue weighted by molar-refractivity contribution is 0.0455. The van der Waals surface area contributed by atoms with Crippen LogP contribution in [-0.4, -0.2) is 31.3 Å². The Bertz CT molecular complexity index is 920. The molecule has 0 fully saturated rings. The number of aromatic nitrogens is 5. The van der Waals surface area contributed by atoms with Crippen molar-refractivity contribution >= 4 is 17.6 Å². The summed E-state index contributed by atoms with van der Waals surface area (Å²) in [4.78, 5) is 12.5. The molecule has 0 N–H and O–H groups in total. The summed E-state index contributed by atoms with van der Waals surface area (Å²) in [5.41, 5.74) is -0.0240. The molecular formula is C16H15ClFN5O3. The van der Waals surface area contributed by atoms with Gasteiger partial charge in [-0.25, -0.2) is 13.9 Å². The van der Waals surface area contributed by atoms with Gasteiger partial charge in [-0.05, 0) is 35.9 Å². The molecule has 1 aromatic carbocycles. The molecule has 0 aliphatic carbocycles. The summed E-state index contributed by atoms with van der Waals surface area (Å²) in [6, 6.07) is 4.18. The topological polar surface area (TPSA) is 95.9 Å². The summed E-state index contributed by atoms with van der Waals surface area (Å²) in [5, 5.41) is 15.1. The summed E-state index contributed by atoms with van der Waals surface area (Å²) in [5.74, 6) is -0.756. The van der Waals surface area contributed by atoms with Crippen molar-refractivity contribution in [3.63, 3.8) is 0 Å². The average Bonchev–Trinajstić information content (AvgIpc) is 3.20. The number of carbonyl (C=O) groups excluding carboxylic acids is 1. The molecule has 0 saturated carbocycles. The largest absolute Gasteiger partial charge is 0.454 e. The van der Waals surface area contributed by atoms with Crippen LogP contribution in [0.5, 0.6) is 0 Å². The van der Waals surface area contributed by atoms with Crippen molar-refractivity contribution in [3.05, 3.63) is 46.2 Å². The molecule has 0 amide bonds. The number of aryl methyl sites for hydroxylation is 2. The van der Waals surface area contributed by atoms with Crippen molar-refractivity contribution < 1.29 is 18.4 Å². The van der Waals surface area contributed by atoms with Crippen LogP contribution >= 0.6 is 11.6 Å². The Morgan fingerprint density at radius 1 is 1.42 bits per heavy atom. The maximum Gasteiger partial charge on any atom is 0.344 e. The maximum absolute atomic E-state index is 14.2. The first-order valence-corrected chi connectivity index (χ1v) is 8.23.